The Morgan fingerprint density at radius 2 is 1.57 bits per heavy atom. The molecule has 0 amide bonds. The van der Waals surface area contributed by atoms with Crippen LogP contribution in [0.2, 0.25) is 0 Å². The third-order valence-corrected chi connectivity index (χ3v) is 3.03. The van der Waals surface area contributed by atoms with E-state index in [0.29, 0.717) is 22.8 Å². The van der Waals surface area contributed by atoms with Gasteiger partial charge in [-0.05, 0) is 0 Å². The number of ketones is 1. The predicted molar refractivity (Wildman–Crippen MR) is 82.9 cm³/mol. The zero-order valence-electron chi connectivity index (χ0n) is 12.1. The molecule has 0 unspecified atom stereocenters. The average molecular weight is 310 g/mol. The fraction of sp³-hybridized carbons (Fsp3) is 0.0556. The smallest absolute Gasteiger partial charge is 0.331 e. The van der Waals surface area contributed by atoms with Gasteiger partial charge in [0, 0.05) is 28.8 Å². The third-order valence-electron chi connectivity index (χ3n) is 3.03. The molecule has 0 aliphatic carbocycles. The van der Waals surface area contributed by atoms with Crippen molar-refractivity contribution < 1.29 is 24.2 Å². The van der Waals surface area contributed by atoms with Crippen molar-refractivity contribution in [2.24, 2.45) is 0 Å². The summed E-state index contributed by atoms with van der Waals surface area (Å²) in [4.78, 5) is 34.2. The van der Waals surface area contributed by atoms with Crippen LogP contribution in [0, 0.1) is 0 Å². The maximum Gasteiger partial charge on any atom is 0.331 e. The Morgan fingerprint density at radius 1 is 0.913 bits per heavy atom. The van der Waals surface area contributed by atoms with Gasteiger partial charge in [0.1, 0.15) is 6.61 Å². The second kappa shape index (κ2) is 7.70. The molecule has 2 aromatic carbocycles. The van der Waals surface area contributed by atoms with Crippen molar-refractivity contribution in [2.75, 3.05) is 0 Å². The lowest BCUT2D eigenvalue weighted by Gasteiger charge is -2.08. The Hall–Kier alpha value is -3.21. The maximum atomic E-state index is 12.5. The third kappa shape index (κ3) is 4.64. The topological polar surface area (TPSA) is 80.7 Å². The van der Waals surface area contributed by atoms with Gasteiger partial charge < -0.3 is 9.84 Å². The van der Waals surface area contributed by atoms with Crippen molar-refractivity contribution >= 4 is 17.7 Å². The van der Waals surface area contributed by atoms with Gasteiger partial charge in [0.25, 0.3) is 0 Å². The lowest BCUT2D eigenvalue weighted by Crippen LogP contribution is -2.08. The van der Waals surface area contributed by atoms with E-state index >= 15 is 0 Å². The number of rotatable bonds is 6. The summed E-state index contributed by atoms with van der Waals surface area (Å²) >= 11 is 0. The van der Waals surface area contributed by atoms with Gasteiger partial charge in [-0.25, -0.2) is 9.59 Å². The molecule has 1 N–H and O–H groups in total. The molecule has 116 valence electrons. The summed E-state index contributed by atoms with van der Waals surface area (Å²) in [5.41, 5.74) is 1.53. The van der Waals surface area contributed by atoms with Crippen LogP contribution in [0.4, 0.5) is 0 Å². The summed E-state index contributed by atoms with van der Waals surface area (Å²) < 4.78 is 4.96. The molecule has 5 heteroatoms. The highest BCUT2D eigenvalue weighted by molar-refractivity contribution is 6.09. The molecule has 2 aromatic rings. The van der Waals surface area contributed by atoms with Crippen LogP contribution in [0.1, 0.15) is 21.5 Å². The number of carbonyl (C=O) groups excluding carboxylic acids is 2. The van der Waals surface area contributed by atoms with Gasteiger partial charge in [-0.1, -0.05) is 54.6 Å². The van der Waals surface area contributed by atoms with Crippen molar-refractivity contribution in [3.8, 4) is 0 Å². The molecular formula is C18H14O5. The van der Waals surface area contributed by atoms with Crippen molar-refractivity contribution in [1.29, 1.82) is 0 Å². The van der Waals surface area contributed by atoms with Gasteiger partial charge in [0.05, 0.1) is 0 Å². The van der Waals surface area contributed by atoms with Crippen molar-refractivity contribution in [3.05, 3.63) is 83.4 Å². The summed E-state index contributed by atoms with van der Waals surface area (Å²) in [6.45, 7) is -0.114. The molecule has 0 bridgehead atoms. The Morgan fingerprint density at radius 3 is 2.26 bits per heavy atom. The highest BCUT2D eigenvalue weighted by Gasteiger charge is 2.13. The number of hydrogen-bond donors (Lipinski definition) is 1. The van der Waals surface area contributed by atoms with Crippen molar-refractivity contribution in [1.82, 2.24) is 0 Å². The number of carbonyl (C=O) groups is 3. The van der Waals surface area contributed by atoms with Crippen LogP contribution in [-0.2, 0) is 20.9 Å². The molecule has 0 heterocycles. The minimum Gasteiger partial charge on any atom is -0.478 e. The molecule has 0 saturated carbocycles. The first-order valence-electron chi connectivity index (χ1n) is 6.83. The number of benzene rings is 2. The molecule has 5 nitrogen and oxygen atoms in total. The second-order valence-corrected chi connectivity index (χ2v) is 4.63. The first kappa shape index (κ1) is 16.2. The maximum absolute atomic E-state index is 12.5. The minimum absolute atomic E-state index is 0.114. The van der Waals surface area contributed by atoms with E-state index in [0.717, 1.165) is 6.08 Å². The molecular weight excluding hydrogens is 296 g/mol. The summed E-state index contributed by atoms with van der Waals surface area (Å²) in [6, 6.07) is 15.6. The number of ether oxygens (including phenoxy) is 1. The summed E-state index contributed by atoms with van der Waals surface area (Å²) in [5, 5.41) is 8.45. The van der Waals surface area contributed by atoms with E-state index in [1.807, 2.05) is 6.07 Å². The monoisotopic (exact) mass is 310 g/mol. The first-order chi connectivity index (χ1) is 11.1. The molecule has 0 atom stereocenters. The van der Waals surface area contributed by atoms with Crippen LogP contribution in [-0.4, -0.2) is 22.8 Å². The van der Waals surface area contributed by atoms with E-state index in [-0.39, 0.29) is 12.4 Å². The van der Waals surface area contributed by atoms with E-state index in [2.05, 4.69) is 0 Å². The molecule has 0 aromatic heterocycles. The van der Waals surface area contributed by atoms with E-state index in [4.69, 9.17) is 9.84 Å². The Balaban J connectivity index is 2.14. The fourth-order valence-corrected chi connectivity index (χ4v) is 1.95. The largest absolute Gasteiger partial charge is 0.478 e. The SMILES string of the molecule is O=C(O)/C=C\C(=O)OCc1ccccc1C(=O)c1ccccc1. The predicted octanol–water partition coefficient (Wildman–Crippen LogP) is 2.60. The van der Waals surface area contributed by atoms with E-state index in [1.54, 1.807) is 48.5 Å². The standard InChI is InChI=1S/C18H14O5/c19-16(20)10-11-17(21)23-12-14-8-4-5-9-15(14)18(22)13-6-2-1-3-7-13/h1-11H,12H2,(H,19,20)/b11-10-. The summed E-state index contributed by atoms with van der Waals surface area (Å²) in [5.74, 6) is -2.19. The van der Waals surface area contributed by atoms with Crippen molar-refractivity contribution in [2.45, 2.75) is 6.61 Å². The lowest BCUT2D eigenvalue weighted by atomic mass is 9.99. The van der Waals surface area contributed by atoms with Gasteiger partial charge in [0.2, 0.25) is 0 Å². The molecule has 0 fully saturated rings. The van der Waals surface area contributed by atoms with Crippen LogP contribution in [0.5, 0.6) is 0 Å². The van der Waals surface area contributed by atoms with Crippen LogP contribution < -0.4 is 0 Å². The average Bonchev–Trinajstić information content (AvgIpc) is 2.58. The van der Waals surface area contributed by atoms with Crippen LogP contribution in [0.3, 0.4) is 0 Å². The molecule has 0 radical (unpaired) electrons. The van der Waals surface area contributed by atoms with Crippen molar-refractivity contribution in [3.63, 3.8) is 0 Å². The fourth-order valence-electron chi connectivity index (χ4n) is 1.95. The Labute approximate surface area is 132 Å². The van der Waals surface area contributed by atoms with Gasteiger partial charge in [0.15, 0.2) is 5.78 Å². The van der Waals surface area contributed by atoms with Gasteiger partial charge >= 0.3 is 11.9 Å². The highest BCUT2D eigenvalue weighted by atomic mass is 16.5. The molecule has 23 heavy (non-hydrogen) atoms. The summed E-state index contributed by atoms with van der Waals surface area (Å²) in [7, 11) is 0. The number of esters is 1. The zero-order valence-corrected chi connectivity index (χ0v) is 12.1. The van der Waals surface area contributed by atoms with E-state index in [9.17, 15) is 14.4 Å². The number of carboxylic acids is 1. The molecule has 0 aliphatic heterocycles. The van der Waals surface area contributed by atoms with Crippen LogP contribution in [0.15, 0.2) is 66.7 Å². The lowest BCUT2D eigenvalue weighted by molar-refractivity contribution is -0.139. The van der Waals surface area contributed by atoms with Gasteiger partial charge in [-0.3, -0.25) is 4.79 Å². The molecule has 0 spiro atoms. The first-order valence-corrected chi connectivity index (χ1v) is 6.83. The zero-order chi connectivity index (χ0) is 16.7. The Kier molecular flexibility index (Phi) is 5.41. The van der Waals surface area contributed by atoms with Gasteiger partial charge in [-0.15, -0.1) is 0 Å². The molecule has 0 aliphatic rings. The number of carboxylic acid groups (broad SMARTS) is 1. The Bertz CT molecular complexity index is 747. The van der Waals surface area contributed by atoms with E-state index in [1.165, 1.54) is 0 Å². The highest BCUT2D eigenvalue weighted by Crippen LogP contribution is 2.15. The molecule has 0 saturated heterocycles. The van der Waals surface area contributed by atoms with Crippen LogP contribution >= 0.6 is 0 Å². The van der Waals surface area contributed by atoms with E-state index < -0.39 is 11.9 Å². The van der Waals surface area contributed by atoms with Gasteiger partial charge in [-0.2, -0.15) is 0 Å². The van der Waals surface area contributed by atoms with Crippen LogP contribution in [0.25, 0.3) is 0 Å². The quantitative estimate of drug-likeness (QED) is 0.504. The molecule has 2 rings (SSSR count). The number of hydrogen-bond acceptors (Lipinski definition) is 4. The second-order valence-electron chi connectivity index (χ2n) is 4.63. The number of aliphatic carboxylic acids is 1. The summed E-state index contributed by atoms with van der Waals surface area (Å²) in [6.07, 6.45) is 1.52. The normalized spacial score (nSPS) is 10.4. The minimum atomic E-state index is -1.23.